The molecular weight excluding hydrogens is 336 g/mol. The molecule has 0 atom stereocenters. The number of hydrogen-bond donors (Lipinski definition) is 0. The maximum Gasteiger partial charge on any atom is 0.275 e. The van der Waals surface area contributed by atoms with Gasteiger partial charge in [0.1, 0.15) is 12.4 Å². The first-order valence-electron chi connectivity index (χ1n) is 7.93. The average molecular weight is 352 g/mol. The van der Waals surface area contributed by atoms with Crippen molar-refractivity contribution in [3.8, 4) is 23.1 Å². The highest BCUT2D eigenvalue weighted by Gasteiger charge is 2.17. The van der Waals surface area contributed by atoms with E-state index >= 15 is 0 Å². The molecule has 0 saturated heterocycles. The summed E-state index contributed by atoms with van der Waals surface area (Å²) in [6, 6.07) is 9.22. The van der Waals surface area contributed by atoms with Gasteiger partial charge >= 0.3 is 0 Å². The lowest BCUT2D eigenvalue weighted by molar-refractivity contribution is 0.264. The molecule has 0 amide bonds. The molecule has 0 fully saturated rings. The molecule has 4 heterocycles. The van der Waals surface area contributed by atoms with Crippen LogP contribution in [0.15, 0.2) is 34.9 Å². The zero-order valence-corrected chi connectivity index (χ0v) is 14.5. The Morgan fingerprint density at radius 1 is 1.15 bits per heavy atom. The van der Waals surface area contributed by atoms with Crippen LogP contribution in [-0.2, 0) is 6.61 Å². The highest BCUT2D eigenvalue weighted by Crippen LogP contribution is 2.28. The Kier molecular flexibility index (Phi) is 3.96. The Morgan fingerprint density at radius 3 is 2.77 bits per heavy atom. The van der Waals surface area contributed by atoms with E-state index in [2.05, 4.69) is 25.4 Å². The van der Waals surface area contributed by atoms with Crippen LogP contribution in [0, 0.1) is 13.8 Å². The molecule has 0 spiro atoms. The number of ether oxygens (including phenoxy) is 2. The highest BCUT2D eigenvalue weighted by molar-refractivity contribution is 5.56. The molecular formula is C17H16N6O3. The van der Waals surface area contributed by atoms with E-state index in [1.807, 2.05) is 25.1 Å². The molecule has 4 aromatic heterocycles. The molecule has 4 aromatic rings. The highest BCUT2D eigenvalue weighted by atomic mass is 16.5. The maximum atomic E-state index is 5.82. The summed E-state index contributed by atoms with van der Waals surface area (Å²) in [7, 11) is 1.55. The van der Waals surface area contributed by atoms with Gasteiger partial charge < -0.3 is 14.0 Å². The zero-order chi connectivity index (χ0) is 18.1. The van der Waals surface area contributed by atoms with Gasteiger partial charge in [-0.05, 0) is 26.0 Å². The SMILES string of the molecule is COc1cc2nnc(-c3cc(C)on3)n2nc1OCc1cccc(C)n1. The summed E-state index contributed by atoms with van der Waals surface area (Å²) < 4.78 is 17.8. The molecule has 0 aliphatic heterocycles. The molecule has 132 valence electrons. The Labute approximate surface area is 148 Å². The van der Waals surface area contributed by atoms with Crippen LogP contribution in [0.5, 0.6) is 11.6 Å². The van der Waals surface area contributed by atoms with Crippen molar-refractivity contribution in [2.24, 2.45) is 0 Å². The van der Waals surface area contributed by atoms with Crippen LogP contribution in [0.1, 0.15) is 17.1 Å². The van der Waals surface area contributed by atoms with Gasteiger partial charge in [0.2, 0.25) is 5.82 Å². The summed E-state index contributed by atoms with van der Waals surface area (Å²) in [6.07, 6.45) is 0. The maximum absolute atomic E-state index is 5.82. The third kappa shape index (κ3) is 2.94. The molecule has 0 saturated carbocycles. The molecule has 4 rings (SSSR count). The van der Waals surface area contributed by atoms with Crippen LogP contribution >= 0.6 is 0 Å². The minimum Gasteiger partial charge on any atom is -0.491 e. The fourth-order valence-corrected chi connectivity index (χ4v) is 2.50. The van der Waals surface area contributed by atoms with Crippen molar-refractivity contribution in [3.05, 3.63) is 47.5 Å². The van der Waals surface area contributed by atoms with Gasteiger partial charge in [-0.3, -0.25) is 4.98 Å². The second-order valence-corrected chi connectivity index (χ2v) is 5.69. The van der Waals surface area contributed by atoms with Crippen molar-refractivity contribution in [1.82, 2.24) is 30.0 Å². The Hall–Kier alpha value is -3.49. The predicted molar refractivity (Wildman–Crippen MR) is 90.9 cm³/mol. The first kappa shape index (κ1) is 16.0. The Bertz CT molecular complexity index is 1070. The molecule has 0 unspecified atom stereocenters. The number of aromatic nitrogens is 6. The van der Waals surface area contributed by atoms with E-state index in [9.17, 15) is 0 Å². The quantitative estimate of drug-likeness (QED) is 0.540. The van der Waals surface area contributed by atoms with Gasteiger partial charge in [0.15, 0.2) is 17.1 Å². The van der Waals surface area contributed by atoms with E-state index in [0.29, 0.717) is 34.6 Å². The monoisotopic (exact) mass is 352 g/mol. The number of rotatable bonds is 5. The van der Waals surface area contributed by atoms with Gasteiger partial charge in [0, 0.05) is 17.8 Å². The van der Waals surface area contributed by atoms with Crippen LogP contribution in [0.25, 0.3) is 17.2 Å². The van der Waals surface area contributed by atoms with Crippen LogP contribution in [-0.4, -0.2) is 37.1 Å². The zero-order valence-electron chi connectivity index (χ0n) is 14.5. The number of hydrogen-bond acceptors (Lipinski definition) is 8. The lowest BCUT2D eigenvalue weighted by Crippen LogP contribution is -2.05. The molecule has 0 N–H and O–H groups in total. The third-order valence-electron chi connectivity index (χ3n) is 3.71. The summed E-state index contributed by atoms with van der Waals surface area (Å²) in [5.74, 6) is 1.90. The molecule has 0 bridgehead atoms. The first-order valence-corrected chi connectivity index (χ1v) is 7.93. The smallest absolute Gasteiger partial charge is 0.275 e. The summed E-state index contributed by atoms with van der Waals surface area (Å²) in [6.45, 7) is 3.99. The van der Waals surface area contributed by atoms with Crippen molar-refractivity contribution in [3.63, 3.8) is 0 Å². The van der Waals surface area contributed by atoms with E-state index in [0.717, 1.165) is 11.4 Å². The fraction of sp³-hybridized carbons (Fsp3) is 0.235. The first-order chi connectivity index (χ1) is 12.6. The van der Waals surface area contributed by atoms with Crippen LogP contribution < -0.4 is 9.47 Å². The Morgan fingerprint density at radius 2 is 2.04 bits per heavy atom. The number of fused-ring (bicyclic) bond motifs is 1. The fourth-order valence-electron chi connectivity index (χ4n) is 2.50. The molecule has 0 aliphatic rings. The second kappa shape index (κ2) is 6.43. The van der Waals surface area contributed by atoms with E-state index < -0.39 is 0 Å². The second-order valence-electron chi connectivity index (χ2n) is 5.69. The van der Waals surface area contributed by atoms with Crippen molar-refractivity contribution >= 4 is 5.65 Å². The number of methoxy groups -OCH3 is 1. The molecule has 0 aliphatic carbocycles. The third-order valence-corrected chi connectivity index (χ3v) is 3.71. The van der Waals surface area contributed by atoms with Gasteiger partial charge in [-0.25, -0.2) is 0 Å². The van der Waals surface area contributed by atoms with Crippen molar-refractivity contribution < 1.29 is 14.0 Å². The lowest BCUT2D eigenvalue weighted by Gasteiger charge is -2.10. The van der Waals surface area contributed by atoms with Crippen LogP contribution in [0.4, 0.5) is 0 Å². The van der Waals surface area contributed by atoms with Gasteiger partial charge in [-0.15, -0.1) is 15.3 Å². The lowest BCUT2D eigenvalue weighted by atomic mass is 10.3. The minimum atomic E-state index is 0.261. The van der Waals surface area contributed by atoms with E-state index in [1.54, 1.807) is 30.7 Å². The summed E-state index contributed by atoms with van der Waals surface area (Å²) in [5.41, 5.74) is 2.77. The number of aryl methyl sites for hydroxylation is 2. The standard InChI is InChI=1S/C17H16N6O3/c1-10-5-4-6-12(18-10)9-25-17-14(24-3)8-15-19-20-16(23(15)21-17)13-7-11(2)26-22-13/h4-8H,9H2,1-3H3. The number of nitrogens with zero attached hydrogens (tertiary/aromatic N) is 6. The van der Waals surface area contributed by atoms with Gasteiger partial charge in [-0.2, -0.15) is 4.52 Å². The van der Waals surface area contributed by atoms with Crippen LogP contribution in [0.3, 0.4) is 0 Å². The topological polar surface area (TPSA) is 100 Å². The molecule has 0 radical (unpaired) electrons. The van der Waals surface area contributed by atoms with Crippen molar-refractivity contribution in [2.75, 3.05) is 7.11 Å². The van der Waals surface area contributed by atoms with E-state index in [-0.39, 0.29) is 6.61 Å². The van der Waals surface area contributed by atoms with Gasteiger partial charge in [-0.1, -0.05) is 11.2 Å². The summed E-state index contributed by atoms with van der Waals surface area (Å²) in [4.78, 5) is 4.42. The molecule has 26 heavy (non-hydrogen) atoms. The van der Waals surface area contributed by atoms with Gasteiger partial charge in [0.05, 0.1) is 12.8 Å². The largest absolute Gasteiger partial charge is 0.491 e. The molecule has 0 aromatic carbocycles. The molecule has 9 nitrogen and oxygen atoms in total. The Balaban J connectivity index is 1.71. The average Bonchev–Trinajstić information content (AvgIpc) is 3.24. The van der Waals surface area contributed by atoms with Gasteiger partial charge in [0.25, 0.3) is 5.88 Å². The van der Waals surface area contributed by atoms with Crippen LogP contribution in [0.2, 0.25) is 0 Å². The summed E-state index contributed by atoms with van der Waals surface area (Å²) in [5, 5.41) is 16.7. The summed E-state index contributed by atoms with van der Waals surface area (Å²) >= 11 is 0. The van der Waals surface area contributed by atoms with E-state index in [1.165, 1.54) is 0 Å². The van der Waals surface area contributed by atoms with Crippen molar-refractivity contribution in [2.45, 2.75) is 20.5 Å². The minimum absolute atomic E-state index is 0.261. The number of pyridine rings is 1. The van der Waals surface area contributed by atoms with E-state index in [4.69, 9.17) is 14.0 Å². The predicted octanol–water partition coefficient (Wildman–Crippen LogP) is 2.38. The normalized spacial score (nSPS) is 11.0. The van der Waals surface area contributed by atoms with Crippen molar-refractivity contribution in [1.29, 1.82) is 0 Å². The molecule has 9 heteroatoms.